The zero-order valence-corrected chi connectivity index (χ0v) is 10.1. The van der Waals surface area contributed by atoms with Gasteiger partial charge in [-0.2, -0.15) is 0 Å². The lowest BCUT2D eigenvalue weighted by molar-refractivity contribution is -0.142. The van der Waals surface area contributed by atoms with Crippen molar-refractivity contribution in [3.63, 3.8) is 0 Å². The minimum absolute atomic E-state index is 0.128. The third-order valence-corrected chi connectivity index (χ3v) is 3.81. The van der Waals surface area contributed by atoms with E-state index in [2.05, 4.69) is 4.98 Å². The van der Waals surface area contributed by atoms with Crippen molar-refractivity contribution in [3.8, 4) is 0 Å². The van der Waals surface area contributed by atoms with Crippen LogP contribution in [0.3, 0.4) is 0 Å². The van der Waals surface area contributed by atoms with E-state index in [1.165, 1.54) is 6.20 Å². The molecule has 2 aliphatic rings. The highest BCUT2D eigenvalue weighted by Gasteiger charge is 2.47. The number of nitrogens with zero attached hydrogens (tertiary/aromatic N) is 2. The van der Waals surface area contributed by atoms with Gasteiger partial charge < -0.3 is 5.11 Å². The summed E-state index contributed by atoms with van der Waals surface area (Å²) in [4.78, 5) is 40.6. The standard InChI is InChI=1S/C13H12N2O4/c16-11-8-4-2-6-14-10(8)12(17)15(11)9-5-1-3-7(9)13(18)19/h2,4,6-7,9H,1,3,5H2,(H,18,19). The molecule has 2 unspecified atom stereocenters. The summed E-state index contributed by atoms with van der Waals surface area (Å²) >= 11 is 0. The molecule has 0 radical (unpaired) electrons. The van der Waals surface area contributed by atoms with Gasteiger partial charge >= 0.3 is 5.97 Å². The van der Waals surface area contributed by atoms with Gasteiger partial charge in [-0.05, 0) is 25.0 Å². The van der Waals surface area contributed by atoms with Crippen LogP contribution in [0.1, 0.15) is 40.1 Å². The molecule has 19 heavy (non-hydrogen) atoms. The smallest absolute Gasteiger partial charge is 0.308 e. The van der Waals surface area contributed by atoms with E-state index in [0.29, 0.717) is 19.3 Å². The summed E-state index contributed by atoms with van der Waals surface area (Å²) in [6.07, 6.45) is 3.21. The van der Waals surface area contributed by atoms with Crippen LogP contribution in [-0.4, -0.2) is 38.8 Å². The first-order chi connectivity index (χ1) is 9.11. The van der Waals surface area contributed by atoms with Crippen LogP contribution in [0, 0.1) is 5.92 Å². The average molecular weight is 260 g/mol. The first-order valence-electron chi connectivity index (χ1n) is 6.17. The molecule has 0 aromatic carbocycles. The van der Waals surface area contributed by atoms with Crippen molar-refractivity contribution in [3.05, 3.63) is 29.6 Å². The van der Waals surface area contributed by atoms with Gasteiger partial charge in [0.05, 0.1) is 17.5 Å². The largest absolute Gasteiger partial charge is 0.481 e. The summed E-state index contributed by atoms with van der Waals surface area (Å²) in [5, 5.41) is 9.17. The topological polar surface area (TPSA) is 87.6 Å². The Morgan fingerprint density at radius 1 is 1.32 bits per heavy atom. The van der Waals surface area contributed by atoms with Crippen LogP contribution in [-0.2, 0) is 4.79 Å². The fourth-order valence-corrected chi connectivity index (χ4v) is 2.92. The molecule has 1 aromatic rings. The van der Waals surface area contributed by atoms with E-state index < -0.39 is 29.7 Å². The Hall–Kier alpha value is -2.24. The first kappa shape index (κ1) is 11.8. The SMILES string of the molecule is O=C(O)C1CCCC1N1C(=O)c2cccnc2C1=O. The van der Waals surface area contributed by atoms with Crippen molar-refractivity contribution >= 4 is 17.8 Å². The molecule has 1 aromatic heterocycles. The number of carbonyl (C=O) groups is 3. The van der Waals surface area contributed by atoms with E-state index in [1.54, 1.807) is 12.1 Å². The molecule has 1 aliphatic carbocycles. The number of pyridine rings is 1. The highest BCUT2D eigenvalue weighted by atomic mass is 16.4. The van der Waals surface area contributed by atoms with Gasteiger partial charge in [-0.15, -0.1) is 0 Å². The van der Waals surface area contributed by atoms with Gasteiger partial charge in [0, 0.05) is 6.20 Å². The number of amides is 2. The predicted molar refractivity (Wildman–Crippen MR) is 63.5 cm³/mol. The van der Waals surface area contributed by atoms with Crippen molar-refractivity contribution in [2.75, 3.05) is 0 Å². The Bertz CT molecular complexity index is 549. The lowest BCUT2D eigenvalue weighted by atomic mass is 10.0. The van der Waals surface area contributed by atoms with Gasteiger partial charge in [0.1, 0.15) is 5.69 Å². The van der Waals surface area contributed by atoms with Crippen molar-refractivity contribution in [1.29, 1.82) is 0 Å². The van der Waals surface area contributed by atoms with Gasteiger partial charge in [-0.25, -0.2) is 0 Å². The number of carboxylic acid groups (broad SMARTS) is 1. The molecule has 3 rings (SSSR count). The molecule has 1 fully saturated rings. The fraction of sp³-hybridized carbons (Fsp3) is 0.385. The predicted octanol–water partition coefficient (Wildman–Crippen LogP) is 0.931. The number of hydrogen-bond donors (Lipinski definition) is 1. The van der Waals surface area contributed by atoms with Crippen LogP contribution >= 0.6 is 0 Å². The molecule has 6 nitrogen and oxygen atoms in total. The summed E-state index contributed by atoms with van der Waals surface area (Å²) in [6, 6.07) is 2.59. The summed E-state index contributed by atoms with van der Waals surface area (Å²) in [7, 11) is 0. The van der Waals surface area contributed by atoms with E-state index in [4.69, 9.17) is 5.11 Å². The van der Waals surface area contributed by atoms with Crippen molar-refractivity contribution in [1.82, 2.24) is 9.88 Å². The third kappa shape index (κ3) is 1.63. The molecule has 0 saturated heterocycles. The van der Waals surface area contributed by atoms with Crippen molar-refractivity contribution < 1.29 is 19.5 Å². The number of fused-ring (bicyclic) bond motifs is 1. The number of carboxylic acids is 1. The zero-order valence-electron chi connectivity index (χ0n) is 10.1. The van der Waals surface area contributed by atoms with Crippen molar-refractivity contribution in [2.24, 2.45) is 5.92 Å². The maximum Gasteiger partial charge on any atom is 0.308 e. The molecule has 6 heteroatoms. The Balaban J connectivity index is 1.98. The molecule has 0 spiro atoms. The number of imide groups is 1. The molecular formula is C13H12N2O4. The van der Waals surface area contributed by atoms with Gasteiger partial charge in [0.2, 0.25) is 0 Å². The zero-order chi connectivity index (χ0) is 13.6. The molecule has 1 saturated carbocycles. The Kier molecular flexibility index (Phi) is 2.58. The van der Waals surface area contributed by atoms with Crippen LogP contribution in [0.25, 0.3) is 0 Å². The normalized spacial score (nSPS) is 25.8. The average Bonchev–Trinajstić information content (AvgIpc) is 2.95. The minimum Gasteiger partial charge on any atom is -0.481 e. The van der Waals surface area contributed by atoms with Gasteiger partial charge in [-0.1, -0.05) is 6.42 Å². The molecule has 2 atom stereocenters. The van der Waals surface area contributed by atoms with E-state index in [9.17, 15) is 14.4 Å². The Morgan fingerprint density at radius 2 is 2.11 bits per heavy atom. The third-order valence-electron chi connectivity index (χ3n) is 3.81. The monoisotopic (exact) mass is 260 g/mol. The Labute approximate surface area is 109 Å². The number of aromatic nitrogens is 1. The maximum absolute atomic E-state index is 12.2. The van der Waals surface area contributed by atoms with Crippen molar-refractivity contribution in [2.45, 2.75) is 25.3 Å². The lowest BCUT2D eigenvalue weighted by Crippen LogP contribution is -2.44. The molecule has 2 amide bonds. The lowest BCUT2D eigenvalue weighted by Gasteiger charge is -2.25. The second kappa shape index (κ2) is 4.15. The minimum atomic E-state index is -0.952. The molecule has 2 heterocycles. The van der Waals surface area contributed by atoms with Gasteiger partial charge in [-0.3, -0.25) is 24.3 Å². The number of carbonyl (C=O) groups excluding carboxylic acids is 2. The summed E-state index contributed by atoms with van der Waals surface area (Å²) < 4.78 is 0. The number of aliphatic carboxylic acids is 1. The highest BCUT2D eigenvalue weighted by Crippen LogP contribution is 2.34. The summed E-state index contributed by atoms with van der Waals surface area (Å²) in [5.74, 6) is -2.51. The van der Waals surface area contributed by atoms with E-state index in [1.807, 2.05) is 0 Å². The quantitative estimate of drug-likeness (QED) is 0.799. The van der Waals surface area contributed by atoms with E-state index in [0.717, 1.165) is 4.90 Å². The molecule has 1 aliphatic heterocycles. The van der Waals surface area contributed by atoms with Crippen LogP contribution in [0.2, 0.25) is 0 Å². The van der Waals surface area contributed by atoms with Crippen LogP contribution in [0.5, 0.6) is 0 Å². The first-order valence-corrected chi connectivity index (χ1v) is 6.17. The van der Waals surface area contributed by atoms with Crippen LogP contribution in [0.15, 0.2) is 18.3 Å². The summed E-state index contributed by atoms with van der Waals surface area (Å²) in [6.45, 7) is 0. The van der Waals surface area contributed by atoms with Gasteiger partial charge in [0.15, 0.2) is 0 Å². The highest BCUT2D eigenvalue weighted by molar-refractivity contribution is 6.20. The van der Waals surface area contributed by atoms with E-state index >= 15 is 0 Å². The molecular weight excluding hydrogens is 248 g/mol. The maximum atomic E-state index is 12.2. The van der Waals surface area contributed by atoms with Crippen LogP contribution in [0.4, 0.5) is 0 Å². The second-order valence-corrected chi connectivity index (χ2v) is 4.82. The Morgan fingerprint density at radius 3 is 2.79 bits per heavy atom. The number of rotatable bonds is 2. The van der Waals surface area contributed by atoms with Gasteiger partial charge in [0.25, 0.3) is 11.8 Å². The fourth-order valence-electron chi connectivity index (χ4n) is 2.92. The molecule has 0 bridgehead atoms. The summed E-state index contributed by atoms with van der Waals surface area (Å²) in [5.41, 5.74) is 0.395. The second-order valence-electron chi connectivity index (χ2n) is 4.82. The molecule has 98 valence electrons. The molecule has 1 N–H and O–H groups in total. The van der Waals surface area contributed by atoms with Crippen LogP contribution < -0.4 is 0 Å². The number of hydrogen-bond acceptors (Lipinski definition) is 4. The van der Waals surface area contributed by atoms with E-state index in [-0.39, 0.29) is 11.3 Å².